The predicted octanol–water partition coefficient (Wildman–Crippen LogP) is 3.80. The molecule has 0 bridgehead atoms. The Labute approximate surface area is 164 Å². The summed E-state index contributed by atoms with van der Waals surface area (Å²) >= 11 is 1.53. The molecule has 0 aliphatic heterocycles. The summed E-state index contributed by atoms with van der Waals surface area (Å²) in [5, 5.41) is 10.7. The summed E-state index contributed by atoms with van der Waals surface area (Å²) in [6.07, 6.45) is 0. The van der Waals surface area contributed by atoms with Gasteiger partial charge in [-0.2, -0.15) is 0 Å². The van der Waals surface area contributed by atoms with Crippen molar-refractivity contribution in [2.75, 3.05) is 0 Å². The fourth-order valence-electron chi connectivity index (χ4n) is 3.54. The van der Waals surface area contributed by atoms with Gasteiger partial charge in [-0.25, -0.2) is 4.98 Å². The third kappa shape index (κ3) is 2.66. The van der Waals surface area contributed by atoms with Gasteiger partial charge in [-0.1, -0.05) is 36.0 Å². The number of aryl methyl sites for hydroxylation is 2. The lowest BCUT2D eigenvalue weighted by Crippen LogP contribution is -2.17. The number of nitrogens with zero attached hydrogens (tertiary/aromatic N) is 5. The van der Waals surface area contributed by atoms with Crippen molar-refractivity contribution < 1.29 is 0 Å². The van der Waals surface area contributed by atoms with E-state index in [1.165, 1.54) is 22.7 Å². The molecule has 0 aliphatic carbocycles. The van der Waals surface area contributed by atoms with Gasteiger partial charge in [-0.05, 0) is 43.7 Å². The average molecular weight is 387 g/mol. The third-order valence-electron chi connectivity index (χ3n) is 4.86. The van der Waals surface area contributed by atoms with Gasteiger partial charge >= 0.3 is 0 Å². The Hall–Kier alpha value is -3.19. The van der Waals surface area contributed by atoms with E-state index in [-0.39, 0.29) is 5.56 Å². The largest absolute Gasteiger partial charge is 0.270 e. The van der Waals surface area contributed by atoms with Gasteiger partial charge in [0.1, 0.15) is 5.65 Å². The van der Waals surface area contributed by atoms with Crippen LogP contribution in [0.25, 0.3) is 22.2 Å². The molecular weight excluding hydrogens is 370 g/mol. The molecule has 0 unspecified atom stereocenters. The van der Waals surface area contributed by atoms with Gasteiger partial charge in [0.2, 0.25) is 0 Å². The van der Waals surface area contributed by atoms with E-state index in [9.17, 15) is 4.79 Å². The molecule has 0 amide bonds. The monoisotopic (exact) mass is 387 g/mol. The van der Waals surface area contributed by atoms with Crippen molar-refractivity contribution in [2.45, 2.75) is 24.8 Å². The Morgan fingerprint density at radius 3 is 2.68 bits per heavy atom. The molecule has 0 N–H and O–H groups in total. The maximum absolute atomic E-state index is 12.5. The number of hydrogen-bond donors (Lipinski definition) is 0. The highest BCUT2D eigenvalue weighted by Crippen LogP contribution is 2.27. The topological polar surface area (TPSA) is 64.6 Å². The molecule has 5 aromatic rings. The molecule has 4 aromatic heterocycles. The van der Waals surface area contributed by atoms with Crippen molar-refractivity contribution >= 4 is 34.0 Å². The summed E-state index contributed by atoms with van der Waals surface area (Å²) in [4.78, 5) is 17.1. The molecule has 4 heterocycles. The average Bonchev–Trinajstić information content (AvgIpc) is 3.09. The van der Waals surface area contributed by atoms with E-state index in [0.717, 1.165) is 27.7 Å². The number of para-hydroxylation sites is 1. The van der Waals surface area contributed by atoms with Crippen LogP contribution in [0, 0.1) is 13.8 Å². The van der Waals surface area contributed by atoms with E-state index in [0.29, 0.717) is 11.4 Å². The maximum atomic E-state index is 12.5. The second-order valence-electron chi connectivity index (χ2n) is 6.76. The summed E-state index contributed by atoms with van der Waals surface area (Å²) in [5.41, 5.74) is 5.27. The fourth-order valence-corrected chi connectivity index (χ4v) is 4.39. The number of pyridine rings is 2. The van der Waals surface area contributed by atoms with E-state index in [4.69, 9.17) is 0 Å². The second-order valence-corrected chi connectivity index (χ2v) is 7.70. The minimum absolute atomic E-state index is 0.0640. The van der Waals surface area contributed by atoms with Crippen LogP contribution >= 0.6 is 11.8 Å². The molecular formula is C21H17N5OS. The summed E-state index contributed by atoms with van der Waals surface area (Å²) < 4.78 is 3.68. The van der Waals surface area contributed by atoms with Gasteiger partial charge in [0, 0.05) is 22.9 Å². The van der Waals surface area contributed by atoms with Crippen LogP contribution in [0.1, 0.15) is 17.0 Å². The number of fused-ring (bicyclic) bond motifs is 4. The minimum Gasteiger partial charge on any atom is -0.270 e. The van der Waals surface area contributed by atoms with Crippen LogP contribution in [-0.4, -0.2) is 24.0 Å². The zero-order chi connectivity index (χ0) is 19.3. The van der Waals surface area contributed by atoms with Gasteiger partial charge < -0.3 is 0 Å². The molecule has 1 aromatic carbocycles. The predicted molar refractivity (Wildman–Crippen MR) is 111 cm³/mol. The number of benzene rings is 1. The standard InChI is InChI=1S/C21H17N5OS/c1-13-10-19-23-24-21(26(19)17-8-4-3-7-16(13)17)28-12-15-11-20(27)25-14(2)6-5-9-18(25)22-15/h3-11H,12H2,1-2H3. The summed E-state index contributed by atoms with van der Waals surface area (Å²) in [5.74, 6) is 0.544. The number of thioether (sulfide) groups is 1. The highest BCUT2D eigenvalue weighted by molar-refractivity contribution is 7.98. The second kappa shape index (κ2) is 6.45. The summed E-state index contributed by atoms with van der Waals surface area (Å²) in [7, 11) is 0. The van der Waals surface area contributed by atoms with E-state index in [1.54, 1.807) is 10.5 Å². The van der Waals surface area contributed by atoms with E-state index < -0.39 is 0 Å². The van der Waals surface area contributed by atoms with E-state index >= 15 is 0 Å². The Morgan fingerprint density at radius 2 is 1.79 bits per heavy atom. The van der Waals surface area contributed by atoms with Crippen molar-refractivity contribution in [3.63, 3.8) is 0 Å². The van der Waals surface area contributed by atoms with Crippen molar-refractivity contribution in [2.24, 2.45) is 0 Å². The smallest absolute Gasteiger partial charge is 0.258 e. The van der Waals surface area contributed by atoms with Gasteiger partial charge in [0.15, 0.2) is 10.8 Å². The molecule has 5 rings (SSSR count). The van der Waals surface area contributed by atoms with Crippen LogP contribution in [0.4, 0.5) is 0 Å². The van der Waals surface area contributed by atoms with Crippen LogP contribution in [0.15, 0.2) is 64.5 Å². The Bertz CT molecular complexity index is 1420. The van der Waals surface area contributed by atoms with Crippen molar-refractivity contribution in [1.82, 2.24) is 24.0 Å². The lowest BCUT2D eigenvalue weighted by Gasteiger charge is -2.08. The zero-order valence-electron chi connectivity index (χ0n) is 15.5. The number of aromatic nitrogens is 5. The van der Waals surface area contributed by atoms with Gasteiger partial charge in [-0.3, -0.25) is 13.6 Å². The first-order chi connectivity index (χ1) is 13.6. The Morgan fingerprint density at radius 1 is 0.929 bits per heavy atom. The zero-order valence-corrected chi connectivity index (χ0v) is 16.3. The lowest BCUT2D eigenvalue weighted by atomic mass is 10.1. The molecule has 7 heteroatoms. The lowest BCUT2D eigenvalue weighted by molar-refractivity contribution is 0.934. The van der Waals surface area contributed by atoms with E-state index in [2.05, 4.69) is 38.6 Å². The van der Waals surface area contributed by atoms with Crippen LogP contribution in [0.2, 0.25) is 0 Å². The quantitative estimate of drug-likeness (QED) is 0.441. The molecule has 138 valence electrons. The molecule has 0 saturated carbocycles. The van der Waals surface area contributed by atoms with Gasteiger partial charge in [-0.15, -0.1) is 10.2 Å². The van der Waals surface area contributed by atoms with E-state index in [1.807, 2.05) is 43.3 Å². The summed E-state index contributed by atoms with van der Waals surface area (Å²) in [6, 6.07) is 17.5. The van der Waals surface area contributed by atoms with Crippen LogP contribution in [0.5, 0.6) is 0 Å². The molecule has 0 saturated heterocycles. The Kier molecular flexibility index (Phi) is 3.91. The fraction of sp³-hybridized carbons (Fsp3) is 0.143. The highest BCUT2D eigenvalue weighted by Gasteiger charge is 2.12. The van der Waals surface area contributed by atoms with Crippen molar-refractivity contribution in [3.05, 3.63) is 81.9 Å². The van der Waals surface area contributed by atoms with Gasteiger partial charge in [0.25, 0.3) is 5.56 Å². The van der Waals surface area contributed by atoms with Crippen molar-refractivity contribution in [3.8, 4) is 0 Å². The molecule has 0 radical (unpaired) electrons. The first-order valence-corrected chi connectivity index (χ1v) is 9.95. The number of rotatable bonds is 3. The van der Waals surface area contributed by atoms with Crippen LogP contribution < -0.4 is 5.56 Å². The SMILES string of the molecule is Cc1cc2nnc(SCc3cc(=O)n4c(C)cccc4n3)n2c2ccccc12. The van der Waals surface area contributed by atoms with Crippen LogP contribution in [0.3, 0.4) is 0 Å². The first-order valence-electron chi connectivity index (χ1n) is 8.96. The maximum Gasteiger partial charge on any atom is 0.258 e. The molecule has 0 aliphatic rings. The normalized spacial score (nSPS) is 11.6. The Balaban J connectivity index is 1.56. The molecule has 28 heavy (non-hydrogen) atoms. The highest BCUT2D eigenvalue weighted by atomic mass is 32.2. The first kappa shape index (κ1) is 16.9. The van der Waals surface area contributed by atoms with Crippen molar-refractivity contribution in [1.29, 1.82) is 0 Å². The summed E-state index contributed by atoms with van der Waals surface area (Å²) in [6.45, 7) is 3.98. The third-order valence-corrected chi connectivity index (χ3v) is 5.82. The van der Waals surface area contributed by atoms with Crippen LogP contribution in [-0.2, 0) is 5.75 Å². The number of hydrogen-bond acceptors (Lipinski definition) is 5. The molecule has 0 atom stereocenters. The minimum atomic E-state index is -0.0640. The molecule has 0 fully saturated rings. The van der Waals surface area contributed by atoms with Gasteiger partial charge in [0.05, 0.1) is 11.2 Å². The molecule has 0 spiro atoms. The molecule has 6 nitrogen and oxygen atoms in total.